The maximum Gasteiger partial charge on any atom is 0.120 e. The molecule has 0 unspecified atom stereocenters. The van der Waals surface area contributed by atoms with E-state index in [9.17, 15) is 5.11 Å². The molecule has 12 heavy (non-hydrogen) atoms. The van der Waals surface area contributed by atoms with Gasteiger partial charge < -0.3 is 5.11 Å². The van der Waals surface area contributed by atoms with Crippen molar-refractivity contribution in [2.75, 3.05) is 0 Å². The summed E-state index contributed by atoms with van der Waals surface area (Å²) in [5.41, 5.74) is -0.254. The molecule has 0 aromatic carbocycles. The number of rotatable bonds is 0. The molecule has 0 bridgehead atoms. The summed E-state index contributed by atoms with van der Waals surface area (Å²) in [7, 11) is 0. The Morgan fingerprint density at radius 1 is 1.33 bits per heavy atom. The van der Waals surface area contributed by atoms with Gasteiger partial charge in [-0.1, -0.05) is 11.8 Å². The molecule has 0 aliphatic carbocycles. The van der Waals surface area contributed by atoms with E-state index < -0.39 is 5.60 Å². The van der Waals surface area contributed by atoms with E-state index in [-0.39, 0.29) is 0 Å². The van der Waals surface area contributed by atoms with E-state index in [0.717, 1.165) is 0 Å². The minimum absolute atomic E-state index is 0.708. The van der Waals surface area contributed by atoms with Crippen LogP contribution >= 0.6 is 0 Å². The highest BCUT2D eigenvalue weighted by atomic mass is 16.3. The average molecular weight is 162 g/mol. The number of aliphatic hydroxyl groups is 1. The molecule has 1 heterocycles. The van der Waals surface area contributed by atoms with Gasteiger partial charge in [0.1, 0.15) is 11.9 Å². The van der Waals surface area contributed by atoms with Crippen LogP contribution in [0.3, 0.4) is 0 Å². The van der Waals surface area contributed by atoms with Gasteiger partial charge in [0.2, 0.25) is 0 Å². The van der Waals surface area contributed by atoms with E-state index in [1.165, 1.54) is 6.33 Å². The standard InChI is InChI=1S/C9H10N2O/c1-9(2,12)4-3-8-5-10-7-11-6-8/h5-7,12H,1-2H3. The molecule has 1 aromatic heterocycles. The summed E-state index contributed by atoms with van der Waals surface area (Å²) in [6.45, 7) is 3.26. The molecule has 0 radical (unpaired) electrons. The quantitative estimate of drug-likeness (QED) is 0.568. The zero-order valence-electron chi connectivity index (χ0n) is 7.07. The Morgan fingerprint density at radius 2 is 1.92 bits per heavy atom. The van der Waals surface area contributed by atoms with Gasteiger partial charge in [0.15, 0.2) is 0 Å². The van der Waals surface area contributed by atoms with Gasteiger partial charge in [-0.25, -0.2) is 9.97 Å². The van der Waals surface area contributed by atoms with Gasteiger partial charge in [-0.2, -0.15) is 0 Å². The molecule has 0 aliphatic heterocycles. The van der Waals surface area contributed by atoms with Crippen LogP contribution in [0.1, 0.15) is 19.4 Å². The Hall–Kier alpha value is -1.40. The molecule has 0 aliphatic rings. The summed E-state index contributed by atoms with van der Waals surface area (Å²) >= 11 is 0. The highest BCUT2D eigenvalue weighted by Crippen LogP contribution is 1.98. The molecule has 0 fully saturated rings. The van der Waals surface area contributed by atoms with Gasteiger partial charge in [-0.3, -0.25) is 0 Å². The molecule has 0 spiro atoms. The van der Waals surface area contributed by atoms with Gasteiger partial charge in [-0.05, 0) is 13.8 Å². The molecule has 62 valence electrons. The minimum atomic E-state index is -0.962. The fourth-order valence-electron chi connectivity index (χ4n) is 0.589. The molecule has 0 saturated carbocycles. The van der Waals surface area contributed by atoms with Gasteiger partial charge >= 0.3 is 0 Å². The monoisotopic (exact) mass is 162 g/mol. The predicted molar refractivity (Wildman–Crippen MR) is 45.2 cm³/mol. The normalized spacial score (nSPS) is 10.2. The lowest BCUT2D eigenvalue weighted by atomic mass is 10.1. The van der Waals surface area contributed by atoms with Crippen LogP contribution < -0.4 is 0 Å². The molecule has 3 nitrogen and oxygen atoms in total. The summed E-state index contributed by atoms with van der Waals surface area (Å²) in [5, 5.41) is 9.26. The van der Waals surface area contributed by atoms with Crippen molar-refractivity contribution >= 4 is 0 Å². The summed E-state index contributed by atoms with van der Waals surface area (Å²) in [6, 6.07) is 0. The summed E-state index contributed by atoms with van der Waals surface area (Å²) in [6.07, 6.45) is 4.65. The number of hydrogen-bond acceptors (Lipinski definition) is 3. The Bertz CT molecular complexity index is 303. The second-order valence-electron chi connectivity index (χ2n) is 2.94. The molecule has 1 N–H and O–H groups in total. The second kappa shape index (κ2) is 3.33. The van der Waals surface area contributed by atoms with Crippen LogP contribution in [-0.2, 0) is 0 Å². The minimum Gasteiger partial charge on any atom is -0.378 e. The second-order valence-corrected chi connectivity index (χ2v) is 2.94. The van der Waals surface area contributed by atoms with Crippen LogP contribution in [-0.4, -0.2) is 20.7 Å². The van der Waals surface area contributed by atoms with Crippen molar-refractivity contribution in [2.24, 2.45) is 0 Å². The van der Waals surface area contributed by atoms with Gasteiger partial charge in [0.05, 0.1) is 5.56 Å². The third kappa shape index (κ3) is 3.13. The van der Waals surface area contributed by atoms with E-state index in [0.29, 0.717) is 5.56 Å². The van der Waals surface area contributed by atoms with E-state index >= 15 is 0 Å². The fraction of sp³-hybridized carbons (Fsp3) is 0.333. The van der Waals surface area contributed by atoms with E-state index in [4.69, 9.17) is 0 Å². The lowest BCUT2D eigenvalue weighted by molar-refractivity contribution is 0.143. The Kier molecular flexibility index (Phi) is 2.41. The fourth-order valence-corrected chi connectivity index (χ4v) is 0.589. The summed E-state index contributed by atoms with van der Waals surface area (Å²) < 4.78 is 0. The maximum atomic E-state index is 9.26. The van der Waals surface area contributed by atoms with Crippen LogP contribution in [0.5, 0.6) is 0 Å². The van der Waals surface area contributed by atoms with Crippen molar-refractivity contribution in [3.63, 3.8) is 0 Å². The third-order valence-corrected chi connectivity index (χ3v) is 1.07. The van der Waals surface area contributed by atoms with Crippen molar-refractivity contribution < 1.29 is 5.11 Å². The highest BCUT2D eigenvalue weighted by molar-refractivity contribution is 5.31. The molecule has 0 saturated heterocycles. The molecular weight excluding hydrogens is 152 g/mol. The van der Waals surface area contributed by atoms with Crippen molar-refractivity contribution in [1.82, 2.24) is 9.97 Å². The zero-order valence-corrected chi connectivity index (χ0v) is 7.07. The first-order chi connectivity index (χ1) is 5.58. The molecular formula is C9H10N2O. The van der Waals surface area contributed by atoms with Crippen LogP contribution in [0.4, 0.5) is 0 Å². The van der Waals surface area contributed by atoms with Gasteiger partial charge in [0, 0.05) is 12.4 Å². The predicted octanol–water partition coefficient (Wildman–Crippen LogP) is 0.599. The van der Waals surface area contributed by atoms with Crippen molar-refractivity contribution in [3.8, 4) is 11.8 Å². The van der Waals surface area contributed by atoms with Crippen molar-refractivity contribution in [2.45, 2.75) is 19.4 Å². The van der Waals surface area contributed by atoms with E-state index in [1.54, 1.807) is 26.2 Å². The molecule has 0 amide bonds. The SMILES string of the molecule is CC(C)(O)C#Cc1cncnc1. The zero-order chi connectivity index (χ0) is 9.03. The van der Waals surface area contributed by atoms with Crippen LogP contribution in [0.2, 0.25) is 0 Å². The smallest absolute Gasteiger partial charge is 0.120 e. The van der Waals surface area contributed by atoms with Gasteiger partial charge in [-0.15, -0.1) is 0 Å². The molecule has 1 rings (SSSR count). The largest absolute Gasteiger partial charge is 0.378 e. The first-order valence-corrected chi connectivity index (χ1v) is 3.58. The van der Waals surface area contributed by atoms with Crippen molar-refractivity contribution in [1.29, 1.82) is 0 Å². The summed E-state index contributed by atoms with van der Waals surface area (Å²) in [4.78, 5) is 7.58. The number of hydrogen-bond donors (Lipinski definition) is 1. The lowest BCUT2D eigenvalue weighted by Crippen LogP contribution is -2.14. The maximum absolute atomic E-state index is 9.26. The Morgan fingerprint density at radius 3 is 2.42 bits per heavy atom. The number of aromatic nitrogens is 2. The Balaban J connectivity index is 2.81. The van der Waals surface area contributed by atoms with E-state index in [2.05, 4.69) is 21.8 Å². The van der Waals surface area contributed by atoms with Gasteiger partial charge in [0.25, 0.3) is 0 Å². The lowest BCUT2D eigenvalue weighted by Gasteiger charge is -2.05. The number of nitrogens with zero attached hydrogens (tertiary/aromatic N) is 2. The average Bonchev–Trinajstić information content (AvgIpc) is 2.02. The molecule has 1 aromatic rings. The molecule has 0 atom stereocenters. The summed E-state index contributed by atoms with van der Waals surface area (Å²) in [5.74, 6) is 5.42. The first kappa shape index (κ1) is 8.69. The first-order valence-electron chi connectivity index (χ1n) is 3.58. The van der Waals surface area contributed by atoms with Crippen LogP contribution in [0, 0.1) is 11.8 Å². The van der Waals surface area contributed by atoms with Crippen molar-refractivity contribution in [3.05, 3.63) is 24.3 Å². The molecule has 3 heteroatoms. The van der Waals surface area contributed by atoms with Crippen LogP contribution in [0.25, 0.3) is 0 Å². The van der Waals surface area contributed by atoms with E-state index in [1.807, 2.05) is 0 Å². The van der Waals surface area contributed by atoms with Crippen LogP contribution in [0.15, 0.2) is 18.7 Å². The Labute approximate surface area is 71.5 Å². The topological polar surface area (TPSA) is 46.0 Å². The third-order valence-electron chi connectivity index (χ3n) is 1.07. The highest BCUT2D eigenvalue weighted by Gasteiger charge is 2.05.